The van der Waals surface area contributed by atoms with Crippen molar-refractivity contribution in [1.29, 1.82) is 0 Å². The molecule has 5 heteroatoms. The van der Waals surface area contributed by atoms with Crippen LogP contribution in [0.4, 0.5) is 0 Å². The molecule has 2 heterocycles. The molecule has 1 fully saturated rings. The molecule has 1 N–H and O–H groups in total. The van der Waals surface area contributed by atoms with Gasteiger partial charge in [0, 0.05) is 10.4 Å². The van der Waals surface area contributed by atoms with Gasteiger partial charge in [-0.25, -0.2) is 0 Å². The molecule has 1 aliphatic heterocycles. The Bertz CT molecular complexity index is 1020. The highest BCUT2D eigenvalue weighted by Crippen LogP contribution is 2.67. The van der Waals surface area contributed by atoms with Crippen molar-refractivity contribution in [2.75, 3.05) is 7.11 Å². The van der Waals surface area contributed by atoms with E-state index in [0.29, 0.717) is 23.5 Å². The van der Waals surface area contributed by atoms with Gasteiger partial charge in [0.15, 0.2) is 5.60 Å². The highest BCUT2D eigenvalue weighted by Gasteiger charge is 2.69. The number of aliphatic hydroxyl groups is 1. The minimum absolute atomic E-state index is 0.00279. The van der Waals surface area contributed by atoms with Crippen LogP contribution in [-0.2, 0) is 11.2 Å². The summed E-state index contributed by atoms with van der Waals surface area (Å²) < 4.78 is 13.2. The van der Waals surface area contributed by atoms with Crippen LogP contribution in [0.2, 0.25) is 0 Å². The number of ether oxygens (including phenoxy) is 2. The topological polar surface area (TPSA) is 51.6 Å². The molecule has 1 aromatic heterocycles. The SMILES string of the molecule is COc1cncc2c1C1(O)CCC(c3ccccc3)[C@]1(c1ccc(Br)cc1)O2. The summed E-state index contributed by atoms with van der Waals surface area (Å²) in [5, 5.41) is 12.2. The molecule has 2 aliphatic rings. The van der Waals surface area contributed by atoms with Crippen molar-refractivity contribution in [3.05, 3.63) is 88.2 Å². The third kappa shape index (κ3) is 2.23. The summed E-state index contributed by atoms with van der Waals surface area (Å²) in [6, 6.07) is 18.3. The van der Waals surface area contributed by atoms with E-state index in [0.717, 1.165) is 22.0 Å². The number of hydrogen-bond donors (Lipinski definition) is 1. The van der Waals surface area contributed by atoms with Gasteiger partial charge < -0.3 is 14.6 Å². The Hall–Kier alpha value is -2.37. The maximum absolute atomic E-state index is 12.2. The number of halogens is 1. The number of fused-ring (bicyclic) bond motifs is 3. The van der Waals surface area contributed by atoms with Crippen LogP contribution >= 0.6 is 15.9 Å². The second kappa shape index (κ2) is 6.33. The van der Waals surface area contributed by atoms with Gasteiger partial charge >= 0.3 is 0 Å². The first-order chi connectivity index (χ1) is 13.6. The summed E-state index contributed by atoms with van der Waals surface area (Å²) in [6.45, 7) is 0. The highest BCUT2D eigenvalue weighted by molar-refractivity contribution is 9.10. The first kappa shape index (κ1) is 17.7. The lowest BCUT2D eigenvalue weighted by atomic mass is 9.72. The van der Waals surface area contributed by atoms with E-state index in [1.807, 2.05) is 42.5 Å². The molecule has 142 valence electrons. The summed E-state index contributed by atoms with van der Waals surface area (Å²) in [5.74, 6) is 1.15. The van der Waals surface area contributed by atoms with Crippen molar-refractivity contribution in [2.45, 2.75) is 30.0 Å². The Balaban J connectivity index is 1.78. The summed E-state index contributed by atoms with van der Waals surface area (Å²) >= 11 is 3.52. The smallest absolute Gasteiger partial charge is 0.174 e. The average molecular weight is 438 g/mol. The third-order valence-corrected chi connectivity index (χ3v) is 6.68. The van der Waals surface area contributed by atoms with Gasteiger partial charge in [-0.2, -0.15) is 0 Å². The standard InChI is InChI=1S/C23H20BrNO3/c1-27-19-13-25-14-20-21(19)22(26)12-11-18(15-5-3-2-4-6-15)23(22,28-20)16-7-9-17(24)10-8-16/h2-10,13-14,18,26H,11-12H2,1H3/t18?,22?,23-/m0/s1. The zero-order chi connectivity index (χ0) is 19.4. The van der Waals surface area contributed by atoms with Crippen molar-refractivity contribution < 1.29 is 14.6 Å². The first-order valence-corrected chi connectivity index (χ1v) is 10.1. The van der Waals surface area contributed by atoms with Crippen molar-refractivity contribution in [3.63, 3.8) is 0 Å². The fourth-order valence-electron chi connectivity index (χ4n) is 5.02. The Labute approximate surface area is 172 Å². The molecular weight excluding hydrogens is 418 g/mol. The molecule has 2 unspecified atom stereocenters. The van der Waals surface area contributed by atoms with Crippen LogP contribution in [0.3, 0.4) is 0 Å². The van der Waals surface area contributed by atoms with Gasteiger partial charge in [-0.05, 0) is 36.1 Å². The number of methoxy groups -OCH3 is 1. The average Bonchev–Trinajstić information content (AvgIpc) is 3.16. The summed E-state index contributed by atoms with van der Waals surface area (Å²) in [6.07, 6.45) is 4.71. The molecule has 4 nitrogen and oxygen atoms in total. The molecule has 0 radical (unpaired) electrons. The number of nitrogens with zero attached hydrogens (tertiary/aromatic N) is 1. The van der Waals surface area contributed by atoms with Crippen molar-refractivity contribution >= 4 is 15.9 Å². The number of pyridine rings is 1. The highest BCUT2D eigenvalue weighted by atomic mass is 79.9. The molecule has 1 saturated carbocycles. The van der Waals surface area contributed by atoms with Crippen molar-refractivity contribution in [1.82, 2.24) is 4.98 Å². The maximum atomic E-state index is 12.2. The predicted molar refractivity (Wildman–Crippen MR) is 110 cm³/mol. The zero-order valence-corrected chi connectivity index (χ0v) is 17.0. The van der Waals surface area contributed by atoms with E-state index in [4.69, 9.17) is 9.47 Å². The fourth-order valence-corrected chi connectivity index (χ4v) is 5.28. The molecule has 5 rings (SSSR count). The van der Waals surface area contributed by atoms with Gasteiger partial charge in [-0.3, -0.25) is 4.98 Å². The van der Waals surface area contributed by atoms with Gasteiger partial charge in [-0.1, -0.05) is 58.4 Å². The molecule has 0 saturated heterocycles. The Morgan fingerprint density at radius 1 is 1.11 bits per heavy atom. The number of benzene rings is 2. The van der Waals surface area contributed by atoms with Gasteiger partial charge in [0.05, 0.1) is 25.1 Å². The maximum Gasteiger partial charge on any atom is 0.174 e. The number of rotatable bonds is 3. The second-order valence-corrected chi connectivity index (χ2v) is 8.34. The molecule has 0 amide bonds. The molecule has 3 aromatic rings. The van der Waals surface area contributed by atoms with Gasteiger partial charge in [0.2, 0.25) is 0 Å². The fraction of sp³-hybridized carbons (Fsp3) is 0.261. The van der Waals surface area contributed by atoms with Crippen molar-refractivity contribution in [2.24, 2.45) is 0 Å². The second-order valence-electron chi connectivity index (χ2n) is 7.42. The monoisotopic (exact) mass is 437 g/mol. The summed E-state index contributed by atoms with van der Waals surface area (Å²) in [5.41, 5.74) is 0.661. The largest absolute Gasteiger partial charge is 0.495 e. The minimum Gasteiger partial charge on any atom is -0.495 e. The normalized spacial score (nSPS) is 27.8. The van der Waals surface area contributed by atoms with Crippen LogP contribution in [-0.4, -0.2) is 17.2 Å². The van der Waals surface area contributed by atoms with Crippen LogP contribution < -0.4 is 9.47 Å². The van der Waals surface area contributed by atoms with Crippen LogP contribution in [0.5, 0.6) is 11.5 Å². The first-order valence-electron chi connectivity index (χ1n) is 9.35. The lowest BCUT2D eigenvalue weighted by Gasteiger charge is -2.40. The van der Waals surface area contributed by atoms with Crippen LogP contribution in [0.1, 0.15) is 35.4 Å². The van der Waals surface area contributed by atoms with E-state index >= 15 is 0 Å². The van der Waals surface area contributed by atoms with E-state index in [1.165, 1.54) is 0 Å². The Morgan fingerprint density at radius 2 is 1.86 bits per heavy atom. The predicted octanol–water partition coefficient (Wildman–Crippen LogP) is 4.91. The Kier molecular flexibility index (Phi) is 4.00. The van der Waals surface area contributed by atoms with E-state index in [-0.39, 0.29) is 5.92 Å². The molecule has 2 aromatic carbocycles. The minimum atomic E-state index is -1.20. The van der Waals surface area contributed by atoms with E-state index in [9.17, 15) is 5.11 Å². The quantitative estimate of drug-likeness (QED) is 0.632. The number of hydrogen-bond acceptors (Lipinski definition) is 4. The lowest BCUT2D eigenvalue weighted by molar-refractivity contribution is -0.106. The van der Waals surface area contributed by atoms with Gasteiger partial charge in [-0.15, -0.1) is 0 Å². The summed E-state index contributed by atoms with van der Waals surface area (Å²) in [7, 11) is 1.60. The summed E-state index contributed by atoms with van der Waals surface area (Å²) in [4.78, 5) is 4.25. The van der Waals surface area contributed by atoms with Gasteiger partial charge in [0.1, 0.15) is 17.1 Å². The van der Waals surface area contributed by atoms with Gasteiger partial charge in [0.25, 0.3) is 0 Å². The molecule has 3 atom stereocenters. The van der Waals surface area contributed by atoms with E-state index in [2.05, 4.69) is 33.0 Å². The van der Waals surface area contributed by atoms with Crippen LogP contribution in [0.15, 0.2) is 71.5 Å². The molecule has 28 heavy (non-hydrogen) atoms. The molecule has 0 bridgehead atoms. The van der Waals surface area contributed by atoms with Crippen molar-refractivity contribution in [3.8, 4) is 11.5 Å². The number of aromatic nitrogens is 1. The zero-order valence-electron chi connectivity index (χ0n) is 15.4. The molecule has 0 spiro atoms. The van der Waals surface area contributed by atoms with Crippen LogP contribution in [0.25, 0.3) is 0 Å². The molecular formula is C23H20BrNO3. The van der Waals surface area contributed by atoms with E-state index in [1.54, 1.807) is 19.5 Å². The van der Waals surface area contributed by atoms with E-state index < -0.39 is 11.2 Å². The molecule has 1 aliphatic carbocycles. The Morgan fingerprint density at radius 3 is 2.57 bits per heavy atom. The van der Waals surface area contributed by atoms with Crippen LogP contribution in [0, 0.1) is 0 Å². The third-order valence-electron chi connectivity index (χ3n) is 6.16. The lowest BCUT2D eigenvalue weighted by Crippen LogP contribution is -2.48.